The second kappa shape index (κ2) is 13.1. The van der Waals surface area contributed by atoms with Crippen LogP contribution in [-0.4, -0.2) is 46.4 Å². The molecule has 0 unspecified atom stereocenters. The number of hydrogen-bond acceptors (Lipinski definition) is 8. The molecule has 0 spiro atoms. The van der Waals surface area contributed by atoms with Gasteiger partial charge in [0.05, 0.1) is 18.7 Å². The number of tetrazole rings is 1. The monoisotopic (exact) mass is 554 g/mol. The number of amides is 1. The Morgan fingerprint density at radius 1 is 0.950 bits per heavy atom. The molecule has 3 aromatic carbocycles. The lowest BCUT2D eigenvalue weighted by Crippen LogP contribution is -2.13. The molecular weight excluding hydrogens is 524 g/mol. The first-order chi connectivity index (χ1) is 19.6. The van der Waals surface area contributed by atoms with Crippen LogP contribution in [0.2, 0.25) is 0 Å². The molecule has 204 valence electrons. The summed E-state index contributed by atoms with van der Waals surface area (Å²) in [5.41, 5.74) is 4.93. The minimum atomic E-state index is -0.244. The maximum absolute atomic E-state index is 13.1. The molecule has 0 bridgehead atoms. The van der Waals surface area contributed by atoms with Crippen molar-refractivity contribution < 1.29 is 9.90 Å². The number of benzene rings is 3. The van der Waals surface area contributed by atoms with Crippen molar-refractivity contribution in [1.82, 2.24) is 35.4 Å². The predicted molar refractivity (Wildman–Crippen MR) is 154 cm³/mol. The highest BCUT2D eigenvalue weighted by Gasteiger charge is 2.16. The van der Waals surface area contributed by atoms with E-state index >= 15 is 0 Å². The number of unbranched alkanes of at least 4 members (excludes halogenated alkanes) is 1. The van der Waals surface area contributed by atoms with Crippen molar-refractivity contribution in [1.29, 1.82) is 0 Å². The third-order valence-electron chi connectivity index (χ3n) is 6.45. The topological polar surface area (TPSA) is 134 Å². The summed E-state index contributed by atoms with van der Waals surface area (Å²) in [5.74, 6) is 1.92. The zero-order valence-corrected chi connectivity index (χ0v) is 22.9. The van der Waals surface area contributed by atoms with E-state index in [2.05, 4.69) is 47.6 Å². The summed E-state index contributed by atoms with van der Waals surface area (Å²) in [4.78, 5) is 13.1. The standard InChI is InChI=1S/C29H30N8O2S/c1-2-3-8-26-31-34-29(40-19-22-11-9-21(18-38)10-12-22)37(26)17-20-13-15-23(16-14-20)30-28(39)25-7-5-4-6-24(25)27-32-35-36-33-27/h4-7,9-16,38H,2-3,8,17-19H2,1H3,(H,30,39)(H,32,33,35,36). The number of aromatic nitrogens is 7. The maximum Gasteiger partial charge on any atom is 0.256 e. The van der Waals surface area contributed by atoms with Gasteiger partial charge in [0.2, 0.25) is 0 Å². The molecule has 0 saturated heterocycles. The van der Waals surface area contributed by atoms with Gasteiger partial charge in [0.1, 0.15) is 5.82 Å². The zero-order valence-electron chi connectivity index (χ0n) is 22.1. The fourth-order valence-corrected chi connectivity index (χ4v) is 5.14. The first kappa shape index (κ1) is 27.2. The number of nitrogens with one attached hydrogen (secondary N) is 2. The number of H-pyrrole nitrogens is 1. The van der Waals surface area contributed by atoms with E-state index in [-0.39, 0.29) is 12.5 Å². The fraction of sp³-hybridized carbons (Fsp3) is 0.241. The summed E-state index contributed by atoms with van der Waals surface area (Å²) < 4.78 is 2.18. The van der Waals surface area contributed by atoms with Gasteiger partial charge in [-0.1, -0.05) is 79.7 Å². The van der Waals surface area contributed by atoms with Crippen LogP contribution in [0, 0.1) is 0 Å². The minimum absolute atomic E-state index is 0.0404. The molecule has 0 aliphatic carbocycles. The molecule has 0 atom stereocenters. The van der Waals surface area contributed by atoms with Crippen LogP contribution in [0.1, 0.15) is 52.6 Å². The number of hydrogen-bond donors (Lipinski definition) is 3. The number of aliphatic hydroxyl groups is 1. The normalized spacial score (nSPS) is 11.1. The van der Waals surface area contributed by atoms with Crippen LogP contribution < -0.4 is 5.32 Å². The number of aromatic amines is 1. The van der Waals surface area contributed by atoms with Gasteiger partial charge in [0.15, 0.2) is 11.0 Å². The highest BCUT2D eigenvalue weighted by atomic mass is 32.2. The first-order valence-corrected chi connectivity index (χ1v) is 14.1. The lowest BCUT2D eigenvalue weighted by atomic mass is 10.1. The van der Waals surface area contributed by atoms with E-state index in [9.17, 15) is 9.90 Å². The Morgan fingerprint density at radius 3 is 2.42 bits per heavy atom. The molecule has 5 aromatic rings. The van der Waals surface area contributed by atoms with Gasteiger partial charge < -0.3 is 15.0 Å². The zero-order chi connectivity index (χ0) is 27.7. The molecule has 0 aliphatic heterocycles. The van der Waals surface area contributed by atoms with Crippen LogP contribution in [0.3, 0.4) is 0 Å². The van der Waals surface area contributed by atoms with Crippen molar-refractivity contribution >= 4 is 23.4 Å². The summed E-state index contributed by atoms with van der Waals surface area (Å²) in [6.45, 7) is 2.84. The number of carbonyl (C=O) groups is 1. The van der Waals surface area contributed by atoms with Crippen LogP contribution >= 0.6 is 11.8 Å². The molecule has 11 heteroatoms. The molecule has 1 amide bonds. The van der Waals surface area contributed by atoms with Crippen LogP contribution in [0.4, 0.5) is 5.69 Å². The second-order valence-electron chi connectivity index (χ2n) is 9.30. The Bertz CT molecular complexity index is 1530. The lowest BCUT2D eigenvalue weighted by Gasteiger charge is -2.12. The van der Waals surface area contributed by atoms with E-state index in [1.165, 1.54) is 0 Å². The minimum Gasteiger partial charge on any atom is -0.392 e. The second-order valence-corrected chi connectivity index (χ2v) is 10.2. The first-order valence-electron chi connectivity index (χ1n) is 13.1. The Labute approximate surface area is 236 Å². The third-order valence-corrected chi connectivity index (χ3v) is 7.48. The van der Waals surface area contributed by atoms with Crippen LogP contribution in [0.25, 0.3) is 11.4 Å². The Morgan fingerprint density at radius 2 is 1.70 bits per heavy atom. The Balaban J connectivity index is 1.28. The average Bonchev–Trinajstić information content (AvgIpc) is 3.67. The summed E-state index contributed by atoms with van der Waals surface area (Å²) >= 11 is 1.65. The lowest BCUT2D eigenvalue weighted by molar-refractivity contribution is 0.102. The van der Waals surface area contributed by atoms with Gasteiger partial charge in [-0.05, 0) is 51.7 Å². The summed E-state index contributed by atoms with van der Waals surface area (Å²) in [5, 5.41) is 36.0. The molecule has 0 aliphatic rings. The van der Waals surface area contributed by atoms with Crippen molar-refractivity contribution in [3.05, 3.63) is 101 Å². The summed E-state index contributed by atoms with van der Waals surface area (Å²) in [7, 11) is 0. The van der Waals surface area contributed by atoms with Crippen LogP contribution in [0.5, 0.6) is 0 Å². The third kappa shape index (κ3) is 6.61. The molecule has 0 fully saturated rings. The molecule has 2 aromatic heterocycles. The van der Waals surface area contributed by atoms with Crippen molar-refractivity contribution in [2.24, 2.45) is 0 Å². The van der Waals surface area contributed by atoms with Crippen molar-refractivity contribution in [3.63, 3.8) is 0 Å². The number of thioether (sulfide) groups is 1. The number of carbonyl (C=O) groups excluding carboxylic acids is 1. The van der Waals surface area contributed by atoms with E-state index < -0.39 is 0 Å². The van der Waals surface area contributed by atoms with Crippen LogP contribution in [-0.2, 0) is 25.3 Å². The van der Waals surface area contributed by atoms with E-state index in [1.807, 2.05) is 54.6 Å². The SMILES string of the molecule is CCCCc1nnc(SCc2ccc(CO)cc2)n1Cc1ccc(NC(=O)c2ccccc2-c2nnn[nH]2)cc1. The molecule has 3 N–H and O–H groups in total. The van der Waals surface area contributed by atoms with Gasteiger partial charge in [0.25, 0.3) is 5.91 Å². The van der Waals surface area contributed by atoms with E-state index in [4.69, 9.17) is 0 Å². The van der Waals surface area contributed by atoms with Gasteiger partial charge in [-0.2, -0.15) is 0 Å². The molecule has 40 heavy (non-hydrogen) atoms. The molecule has 0 radical (unpaired) electrons. The number of nitrogens with zero attached hydrogens (tertiary/aromatic N) is 6. The largest absolute Gasteiger partial charge is 0.392 e. The molecule has 10 nitrogen and oxygen atoms in total. The van der Waals surface area contributed by atoms with E-state index in [1.54, 1.807) is 30.0 Å². The fourth-order valence-electron chi connectivity index (χ4n) is 4.23. The van der Waals surface area contributed by atoms with Crippen LogP contribution in [0.15, 0.2) is 78.0 Å². The Hall–Kier alpha value is -4.35. The van der Waals surface area contributed by atoms with Gasteiger partial charge in [-0.25, -0.2) is 5.10 Å². The highest BCUT2D eigenvalue weighted by Crippen LogP contribution is 2.25. The molecule has 2 heterocycles. The summed E-state index contributed by atoms with van der Waals surface area (Å²) in [6.07, 6.45) is 2.99. The number of aliphatic hydroxyl groups excluding tert-OH is 1. The van der Waals surface area contributed by atoms with Gasteiger partial charge in [-0.15, -0.1) is 15.3 Å². The predicted octanol–water partition coefficient (Wildman–Crippen LogP) is 4.89. The van der Waals surface area contributed by atoms with Gasteiger partial charge in [0, 0.05) is 23.4 Å². The average molecular weight is 555 g/mol. The maximum atomic E-state index is 13.1. The molecular formula is C29H30N8O2S. The van der Waals surface area contributed by atoms with Crippen molar-refractivity contribution in [2.75, 3.05) is 5.32 Å². The number of rotatable bonds is 12. The smallest absolute Gasteiger partial charge is 0.256 e. The quantitative estimate of drug-likeness (QED) is 0.186. The number of aryl methyl sites for hydroxylation is 1. The van der Waals surface area contributed by atoms with E-state index in [0.29, 0.717) is 29.2 Å². The van der Waals surface area contributed by atoms with Gasteiger partial charge in [-0.3, -0.25) is 4.79 Å². The molecule has 0 saturated carbocycles. The Kier molecular flexibility index (Phi) is 8.94. The summed E-state index contributed by atoms with van der Waals surface area (Å²) in [6, 6.07) is 22.9. The van der Waals surface area contributed by atoms with E-state index in [0.717, 1.165) is 52.7 Å². The number of anilines is 1. The highest BCUT2D eigenvalue weighted by molar-refractivity contribution is 7.98. The molecule has 5 rings (SSSR count). The van der Waals surface area contributed by atoms with Crippen molar-refractivity contribution in [2.45, 2.75) is 50.2 Å². The van der Waals surface area contributed by atoms with Gasteiger partial charge >= 0.3 is 0 Å². The van der Waals surface area contributed by atoms with Crippen molar-refractivity contribution in [3.8, 4) is 11.4 Å².